The Hall–Kier alpha value is -1.71. The molecule has 1 aromatic carbocycles. The average molecular weight is 236 g/mol. The molecule has 0 aromatic heterocycles. The molecule has 1 aliphatic rings. The fourth-order valence-corrected chi connectivity index (χ4v) is 2.07. The largest absolute Gasteiger partial charge is 0.496 e. The van der Waals surface area contributed by atoms with Crippen molar-refractivity contribution >= 4 is 5.97 Å². The number of carbonyl (C=O) groups is 1. The summed E-state index contributed by atoms with van der Waals surface area (Å²) in [6.45, 7) is 2.13. The van der Waals surface area contributed by atoms with Gasteiger partial charge in [-0.3, -0.25) is 0 Å². The van der Waals surface area contributed by atoms with Crippen LogP contribution in [0.15, 0.2) is 12.1 Å². The topological polar surface area (TPSA) is 55.8 Å². The van der Waals surface area contributed by atoms with Gasteiger partial charge in [0.2, 0.25) is 0 Å². The second-order valence-electron chi connectivity index (χ2n) is 4.62. The Bertz CT molecular complexity index is 435. The van der Waals surface area contributed by atoms with Crippen LogP contribution in [0.3, 0.4) is 0 Å². The highest BCUT2D eigenvalue weighted by Crippen LogP contribution is 2.54. The van der Waals surface area contributed by atoms with Gasteiger partial charge in [-0.2, -0.15) is 0 Å². The third-order valence-electron chi connectivity index (χ3n) is 3.36. The monoisotopic (exact) mass is 236 g/mol. The molecule has 4 heteroatoms. The van der Waals surface area contributed by atoms with Gasteiger partial charge in [0.1, 0.15) is 11.5 Å². The van der Waals surface area contributed by atoms with E-state index >= 15 is 0 Å². The summed E-state index contributed by atoms with van der Waals surface area (Å²) in [4.78, 5) is 11.0. The Labute approximate surface area is 100 Å². The summed E-state index contributed by atoms with van der Waals surface area (Å²) in [5.74, 6) is 0.220. The lowest BCUT2D eigenvalue weighted by Gasteiger charge is -2.18. The van der Waals surface area contributed by atoms with Crippen molar-refractivity contribution < 1.29 is 19.4 Å². The van der Waals surface area contributed by atoms with Crippen LogP contribution in [0.2, 0.25) is 0 Å². The molecule has 0 bridgehead atoms. The van der Waals surface area contributed by atoms with E-state index in [4.69, 9.17) is 14.6 Å². The average Bonchev–Trinajstić information content (AvgIpc) is 3.06. The number of ether oxygens (including phenoxy) is 2. The fourth-order valence-electron chi connectivity index (χ4n) is 2.07. The number of hydrogen-bond donors (Lipinski definition) is 1. The smallest absolute Gasteiger partial charge is 0.335 e. The van der Waals surface area contributed by atoms with E-state index in [1.165, 1.54) is 0 Å². The van der Waals surface area contributed by atoms with Crippen LogP contribution in [-0.4, -0.2) is 25.3 Å². The van der Waals surface area contributed by atoms with Crippen LogP contribution in [0.5, 0.6) is 11.5 Å². The van der Waals surface area contributed by atoms with Gasteiger partial charge in [0.15, 0.2) is 0 Å². The molecule has 1 aliphatic carbocycles. The van der Waals surface area contributed by atoms with E-state index in [0.717, 1.165) is 18.4 Å². The number of aromatic carboxylic acids is 1. The van der Waals surface area contributed by atoms with E-state index in [2.05, 4.69) is 6.92 Å². The molecular formula is C13H16O4. The molecule has 0 radical (unpaired) electrons. The first kappa shape index (κ1) is 11.8. The third-order valence-corrected chi connectivity index (χ3v) is 3.36. The summed E-state index contributed by atoms with van der Waals surface area (Å²) < 4.78 is 10.6. The summed E-state index contributed by atoms with van der Waals surface area (Å²) >= 11 is 0. The summed E-state index contributed by atoms with van der Waals surface area (Å²) in [5.41, 5.74) is 1.23. The molecule has 2 rings (SSSR count). The molecule has 92 valence electrons. The van der Waals surface area contributed by atoms with Crippen molar-refractivity contribution in [3.8, 4) is 11.5 Å². The summed E-state index contributed by atoms with van der Waals surface area (Å²) in [6.07, 6.45) is 2.15. The number of hydrogen-bond acceptors (Lipinski definition) is 3. The molecule has 1 aromatic rings. The maximum Gasteiger partial charge on any atom is 0.335 e. The second kappa shape index (κ2) is 3.95. The van der Waals surface area contributed by atoms with Crippen molar-refractivity contribution in [2.75, 3.05) is 14.2 Å². The fraction of sp³-hybridized carbons (Fsp3) is 0.462. The Kier molecular flexibility index (Phi) is 2.73. The first-order valence-electron chi connectivity index (χ1n) is 5.51. The molecule has 0 amide bonds. The number of carboxylic acids is 1. The molecule has 4 nitrogen and oxygen atoms in total. The van der Waals surface area contributed by atoms with Gasteiger partial charge in [-0.05, 0) is 30.4 Å². The first-order chi connectivity index (χ1) is 8.01. The highest BCUT2D eigenvalue weighted by atomic mass is 16.5. The Morgan fingerprint density at radius 1 is 1.24 bits per heavy atom. The first-order valence-corrected chi connectivity index (χ1v) is 5.51. The molecule has 0 unspecified atom stereocenters. The highest BCUT2D eigenvalue weighted by Gasteiger charge is 2.43. The predicted molar refractivity (Wildman–Crippen MR) is 63.1 cm³/mol. The molecule has 0 spiro atoms. The lowest BCUT2D eigenvalue weighted by atomic mass is 9.94. The zero-order valence-corrected chi connectivity index (χ0v) is 10.2. The molecule has 1 fully saturated rings. The van der Waals surface area contributed by atoms with Crippen LogP contribution in [0.1, 0.15) is 35.7 Å². The predicted octanol–water partition coefficient (Wildman–Crippen LogP) is 2.45. The minimum atomic E-state index is -0.978. The zero-order chi connectivity index (χ0) is 12.6. The maximum atomic E-state index is 11.0. The maximum absolute atomic E-state index is 11.0. The van der Waals surface area contributed by atoms with Gasteiger partial charge < -0.3 is 14.6 Å². The standard InChI is InChI=1S/C13H16O4/c1-13(4-5-13)11-9(16-2)6-8(12(14)15)7-10(11)17-3/h6-7H,4-5H2,1-3H3,(H,14,15). The Morgan fingerprint density at radius 2 is 1.71 bits per heavy atom. The quantitative estimate of drug-likeness (QED) is 0.872. The van der Waals surface area contributed by atoms with Gasteiger partial charge in [0, 0.05) is 5.56 Å². The van der Waals surface area contributed by atoms with Gasteiger partial charge in [-0.1, -0.05) is 6.92 Å². The molecular weight excluding hydrogens is 220 g/mol. The molecule has 0 heterocycles. The lowest BCUT2D eigenvalue weighted by Crippen LogP contribution is -2.08. The van der Waals surface area contributed by atoms with Crippen LogP contribution in [0, 0.1) is 0 Å². The van der Waals surface area contributed by atoms with Gasteiger partial charge in [0.05, 0.1) is 19.8 Å². The molecule has 1 saturated carbocycles. The van der Waals surface area contributed by atoms with E-state index < -0.39 is 5.97 Å². The second-order valence-corrected chi connectivity index (χ2v) is 4.62. The molecule has 1 N–H and O–H groups in total. The number of benzene rings is 1. The zero-order valence-electron chi connectivity index (χ0n) is 10.2. The van der Waals surface area contributed by atoms with E-state index in [-0.39, 0.29) is 11.0 Å². The van der Waals surface area contributed by atoms with Crippen LogP contribution < -0.4 is 9.47 Å². The van der Waals surface area contributed by atoms with E-state index in [1.807, 2.05) is 0 Å². The Balaban J connectivity index is 2.60. The highest BCUT2D eigenvalue weighted by molar-refractivity contribution is 5.89. The van der Waals surface area contributed by atoms with Crippen LogP contribution in [-0.2, 0) is 5.41 Å². The van der Waals surface area contributed by atoms with Crippen LogP contribution in [0.4, 0.5) is 0 Å². The van der Waals surface area contributed by atoms with Crippen molar-refractivity contribution in [3.63, 3.8) is 0 Å². The minimum absolute atomic E-state index is 0.0632. The number of rotatable bonds is 4. The molecule has 17 heavy (non-hydrogen) atoms. The molecule has 0 aliphatic heterocycles. The van der Waals surface area contributed by atoms with Crippen molar-refractivity contribution in [3.05, 3.63) is 23.3 Å². The van der Waals surface area contributed by atoms with Crippen LogP contribution >= 0.6 is 0 Å². The van der Waals surface area contributed by atoms with E-state index in [1.54, 1.807) is 26.4 Å². The van der Waals surface area contributed by atoms with Crippen molar-refractivity contribution in [2.45, 2.75) is 25.2 Å². The van der Waals surface area contributed by atoms with Gasteiger partial charge in [-0.15, -0.1) is 0 Å². The molecule has 0 saturated heterocycles. The summed E-state index contributed by atoms with van der Waals surface area (Å²) in [7, 11) is 3.10. The molecule has 0 atom stereocenters. The minimum Gasteiger partial charge on any atom is -0.496 e. The Morgan fingerprint density at radius 3 is 2.00 bits per heavy atom. The lowest BCUT2D eigenvalue weighted by molar-refractivity contribution is 0.0696. The SMILES string of the molecule is COc1cc(C(=O)O)cc(OC)c1C1(C)CC1. The summed E-state index contributed by atoms with van der Waals surface area (Å²) in [6, 6.07) is 3.12. The van der Waals surface area contributed by atoms with E-state index in [0.29, 0.717) is 11.5 Å². The van der Waals surface area contributed by atoms with E-state index in [9.17, 15) is 4.79 Å². The van der Waals surface area contributed by atoms with Crippen molar-refractivity contribution in [1.82, 2.24) is 0 Å². The van der Waals surface area contributed by atoms with Crippen molar-refractivity contribution in [2.24, 2.45) is 0 Å². The van der Waals surface area contributed by atoms with Crippen LogP contribution in [0.25, 0.3) is 0 Å². The van der Waals surface area contributed by atoms with Gasteiger partial charge in [0.25, 0.3) is 0 Å². The third kappa shape index (κ3) is 1.95. The number of carboxylic acid groups (broad SMARTS) is 1. The van der Waals surface area contributed by atoms with Gasteiger partial charge in [-0.25, -0.2) is 4.79 Å². The van der Waals surface area contributed by atoms with Gasteiger partial charge >= 0.3 is 5.97 Å². The number of methoxy groups -OCH3 is 2. The normalized spacial score (nSPS) is 16.4. The summed E-state index contributed by atoms with van der Waals surface area (Å²) in [5, 5.41) is 9.02. The van der Waals surface area contributed by atoms with Crippen molar-refractivity contribution in [1.29, 1.82) is 0 Å².